The van der Waals surface area contributed by atoms with Crippen molar-refractivity contribution in [3.05, 3.63) is 64.2 Å². The van der Waals surface area contributed by atoms with Crippen LogP contribution in [-0.4, -0.2) is 38.6 Å². The molecule has 3 rings (SSSR count). The van der Waals surface area contributed by atoms with Crippen LogP contribution in [-0.2, 0) is 11.3 Å². The van der Waals surface area contributed by atoms with Crippen LogP contribution in [0.3, 0.4) is 0 Å². The van der Waals surface area contributed by atoms with Gasteiger partial charge in [-0.25, -0.2) is 0 Å². The minimum atomic E-state index is 0.127. The van der Waals surface area contributed by atoms with Crippen molar-refractivity contribution in [3.8, 4) is 0 Å². The van der Waals surface area contributed by atoms with E-state index in [0.717, 1.165) is 49.5 Å². The van der Waals surface area contributed by atoms with E-state index in [0.29, 0.717) is 6.54 Å². The number of quaternary nitrogens is 2. The van der Waals surface area contributed by atoms with Gasteiger partial charge in [-0.1, -0.05) is 47.5 Å². The number of anilines is 1. The summed E-state index contributed by atoms with van der Waals surface area (Å²) in [7, 11) is 0. The molecule has 0 aliphatic carbocycles. The van der Waals surface area contributed by atoms with E-state index in [1.54, 1.807) is 4.90 Å². The Morgan fingerprint density at radius 3 is 2.15 bits per heavy atom. The molecule has 1 aliphatic rings. The van der Waals surface area contributed by atoms with E-state index in [-0.39, 0.29) is 5.91 Å². The number of amides is 1. The highest BCUT2D eigenvalue weighted by Gasteiger charge is 2.25. The molecular weight excluding hydrogens is 334 g/mol. The Labute approximate surface area is 163 Å². The second-order valence-electron chi connectivity index (χ2n) is 8.16. The van der Waals surface area contributed by atoms with Crippen molar-refractivity contribution in [2.75, 3.05) is 38.0 Å². The topological polar surface area (TPSA) is 38.0 Å². The molecule has 0 spiro atoms. The first-order chi connectivity index (χ1) is 12.9. The maximum atomic E-state index is 12.5. The summed E-state index contributed by atoms with van der Waals surface area (Å²) in [6.07, 6.45) is 0. The number of carbonyl (C=O) groups excluding carboxylic acids is 1. The summed E-state index contributed by atoms with van der Waals surface area (Å²) in [5.74, 6) is 0.127. The number of benzene rings is 2. The zero-order chi connectivity index (χ0) is 19.4. The van der Waals surface area contributed by atoms with Gasteiger partial charge in [-0.3, -0.25) is 4.79 Å². The summed E-state index contributed by atoms with van der Waals surface area (Å²) in [6.45, 7) is 14.4. The second-order valence-corrected chi connectivity index (χ2v) is 8.16. The van der Waals surface area contributed by atoms with E-state index in [9.17, 15) is 4.79 Å². The Morgan fingerprint density at radius 2 is 1.52 bits per heavy atom. The molecule has 1 saturated heterocycles. The Bertz CT molecular complexity index is 784. The first kappa shape index (κ1) is 19.6. The van der Waals surface area contributed by atoms with E-state index in [4.69, 9.17) is 0 Å². The van der Waals surface area contributed by atoms with Crippen LogP contribution in [0.25, 0.3) is 0 Å². The fourth-order valence-corrected chi connectivity index (χ4v) is 4.21. The number of aryl methyl sites for hydroxylation is 4. The van der Waals surface area contributed by atoms with Gasteiger partial charge < -0.3 is 15.1 Å². The quantitative estimate of drug-likeness (QED) is 0.720. The molecule has 1 amide bonds. The molecule has 2 aromatic rings. The lowest BCUT2D eigenvalue weighted by atomic mass is 10.1. The highest BCUT2D eigenvalue weighted by atomic mass is 16.2. The summed E-state index contributed by atoms with van der Waals surface area (Å²) >= 11 is 0. The summed E-state index contributed by atoms with van der Waals surface area (Å²) < 4.78 is 0. The highest BCUT2D eigenvalue weighted by molar-refractivity contribution is 5.93. The van der Waals surface area contributed by atoms with E-state index in [1.165, 1.54) is 21.6 Å². The smallest absolute Gasteiger partial charge is 0.279 e. The maximum Gasteiger partial charge on any atom is 0.279 e. The van der Waals surface area contributed by atoms with Crippen molar-refractivity contribution in [1.29, 1.82) is 0 Å². The second kappa shape index (κ2) is 8.68. The van der Waals surface area contributed by atoms with Crippen molar-refractivity contribution in [2.45, 2.75) is 34.2 Å². The zero-order valence-corrected chi connectivity index (χ0v) is 17.1. The summed E-state index contributed by atoms with van der Waals surface area (Å²) in [4.78, 5) is 15.6. The molecular formula is C23H33N3O+2. The number of nitrogens with one attached hydrogen (secondary N) is 3. The van der Waals surface area contributed by atoms with E-state index in [1.807, 2.05) is 0 Å². The molecule has 0 unspecified atom stereocenters. The van der Waals surface area contributed by atoms with Crippen LogP contribution in [0, 0.1) is 27.7 Å². The average molecular weight is 368 g/mol. The Hall–Kier alpha value is -2.17. The maximum absolute atomic E-state index is 12.5. The fraction of sp³-hybridized carbons (Fsp3) is 0.435. The first-order valence-corrected chi connectivity index (χ1v) is 10.0. The standard InChI is InChI=1S/C23H31N3O/c1-17-6-5-7-21(14-17)15-25-8-10-26(11-9-25)16-22(27)24-23-19(3)12-18(2)13-20(23)4/h5-7,12-14H,8-11,15-16H2,1-4H3,(H,24,27)/p+2. The minimum Gasteiger partial charge on any atom is -0.322 e. The third-order valence-electron chi connectivity index (χ3n) is 5.55. The molecule has 0 bridgehead atoms. The molecule has 27 heavy (non-hydrogen) atoms. The molecule has 3 N–H and O–H groups in total. The lowest BCUT2D eigenvalue weighted by Crippen LogP contribution is -3.28. The van der Waals surface area contributed by atoms with Gasteiger partial charge in [0.2, 0.25) is 0 Å². The molecule has 2 aromatic carbocycles. The molecule has 4 heteroatoms. The number of carbonyl (C=O) groups is 1. The third kappa shape index (κ3) is 5.41. The summed E-state index contributed by atoms with van der Waals surface area (Å²) in [5, 5.41) is 3.14. The molecule has 1 heterocycles. The lowest BCUT2D eigenvalue weighted by molar-refractivity contribution is -1.02. The van der Waals surface area contributed by atoms with Crippen molar-refractivity contribution in [3.63, 3.8) is 0 Å². The average Bonchev–Trinajstić information content (AvgIpc) is 2.60. The normalized spacial score (nSPS) is 19.7. The van der Waals surface area contributed by atoms with Crippen LogP contribution in [0.2, 0.25) is 0 Å². The molecule has 1 fully saturated rings. The monoisotopic (exact) mass is 367 g/mol. The molecule has 1 aliphatic heterocycles. The Morgan fingerprint density at radius 1 is 0.889 bits per heavy atom. The molecule has 144 valence electrons. The van der Waals surface area contributed by atoms with Gasteiger partial charge in [-0.2, -0.15) is 0 Å². The number of rotatable bonds is 5. The predicted molar refractivity (Wildman–Crippen MR) is 110 cm³/mol. The number of hydrogen-bond donors (Lipinski definition) is 3. The molecule has 0 radical (unpaired) electrons. The van der Waals surface area contributed by atoms with Gasteiger partial charge in [-0.05, 0) is 38.8 Å². The molecule has 4 nitrogen and oxygen atoms in total. The van der Waals surface area contributed by atoms with Gasteiger partial charge in [0.1, 0.15) is 32.7 Å². The van der Waals surface area contributed by atoms with Gasteiger partial charge in [0.05, 0.1) is 0 Å². The van der Waals surface area contributed by atoms with Gasteiger partial charge in [0.15, 0.2) is 6.54 Å². The van der Waals surface area contributed by atoms with E-state index < -0.39 is 0 Å². The van der Waals surface area contributed by atoms with Crippen molar-refractivity contribution >= 4 is 11.6 Å². The molecule has 0 saturated carbocycles. The Kier molecular flexibility index (Phi) is 6.30. The van der Waals surface area contributed by atoms with Crippen molar-refractivity contribution in [2.24, 2.45) is 0 Å². The van der Waals surface area contributed by atoms with Gasteiger partial charge >= 0.3 is 0 Å². The largest absolute Gasteiger partial charge is 0.322 e. The molecule has 0 atom stereocenters. The Balaban J connectivity index is 1.48. The van der Waals surface area contributed by atoms with Crippen LogP contribution in [0.1, 0.15) is 27.8 Å². The van der Waals surface area contributed by atoms with Crippen LogP contribution in [0.4, 0.5) is 5.69 Å². The minimum absolute atomic E-state index is 0.127. The summed E-state index contributed by atoms with van der Waals surface area (Å²) in [5.41, 5.74) is 7.24. The lowest BCUT2D eigenvalue weighted by Gasteiger charge is -2.29. The van der Waals surface area contributed by atoms with Crippen LogP contribution >= 0.6 is 0 Å². The van der Waals surface area contributed by atoms with Gasteiger partial charge in [0, 0.05) is 11.3 Å². The first-order valence-electron chi connectivity index (χ1n) is 10.0. The molecule has 0 aromatic heterocycles. The number of hydrogen-bond acceptors (Lipinski definition) is 1. The zero-order valence-electron chi connectivity index (χ0n) is 17.1. The van der Waals surface area contributed by atoms with E-state index in [2.05, 4.69) is 69.4 Å². The van der Waals surface area contributed by atoms with E-state index >= 15 is 0 Å². The fourth-order valence-electron chi connectivity index (χ4n) is 4.21. The summed E-state index contributed by atoms with van der Waals surface area (Å²) in [6, 6.07) is 13.1. The van der Waals surface area contributed by atoms with Crippen molar-refractivity contribution in [1.82, 2.24) is 0 Å². The number of piperazine rings is 1. The van der Waals surface area contributed by atoms with Gasteiger partial charge in [-0.15, -0.1) is 0 Å². The SMILES string of the molecule is Cc1cccc(C[NH+]2CC[NH+](CC(=O)Nc3c(C)cc(C)cc3C)CC2)c1. The highest BCUT2D eigenvalue weighted by Crippen LogP contribution is 2.21. The van der Waals surface area contributed by atoms with Crippen LogP contribution in [0.5, 0.6) is 0 Å². The van der Waals surface area contributed by atoms with Crippen LogP contribution in [0.15, 0.2) is 36.4 Å². The van der Waals surface area contributed by atoms with Crippen molar-refractivity contribution < 1.29 is 14.6 Å². The third-order valence-corrected chi connectivity index (χ3v) is 5.55. The van der Waals surface area contributed by atoms with Gasteiger partial charge in [0.25, 0.3) is 5.91 Å². The van der Waals surface area contributed by atoms with Crippen LogP contribution < -0.4 is 15.1 Å². The predicted octanol–water partition coefficient (Wildman–Crippen LogP) is 0.842.